The number of benzene rings is 2. The summed E-state index contributed by atoms with van der Waals surface area (Å²) < 4.78 is 5.74. The number of anilines is 2. The molecule has 1 N–H and O–H groups in total. The topological polar surface area (TPSA) is 54.2 Å². The van der Waals surface area contributed by atoms with E-state index < -0.39 is 0 Å². The summed E-state index contributed by atoms with van der Waals surface area (Å²) in [6.07, 6.45) is 2.58. The van der Waals surface area contributed by atoms with Crippen molar-refractivity contribution in [3.8, 4) is 11.5 Å². The van der Waals surface area contributed by atoms with Gasteiger partial charge in [-0.2, -0.15) is 0 Å². The molecule has 0 atom stereocenters. The van der Waals surface area contributed by atoms with Crippen LogP contribution in [-0.4, -0.2) is 23.3 Å². The molecule has 1 fully saturated rings. The molecule has 0 spiro atoms. The lowest BCUT2D eigenvalue weighted by atomic mass is 10.1. The standard InChI is InChI=1S/C20H22N4O/c1-15-4-6-16(7-5-15)20-23-22-19(25-20)14-21-17-8-10-18(11-9-17)24-12-2-3-13-24/h4-11,21H,2-3,12-14H2,1H3. The summed E-state index contributed by atoms with van der Waals surface area (Å²) in [5.74, 6) is 1.14. The maximum Gasteiger partial charge on any atom is 0.247 e. The second-order valence-corrected chi connectivity index (χ2v) is 6.46. The van der Waals surface area contributed by atoms with E-state index in [9.17, 15) is 0 Å². The van der Waals surface area contributed by atoms with Crippen LogP contribution in [0.3, 0.4) is 0 Å². The van der Waals surface area contributed by atoms with Crippen LogP contribution < -0.4 is 10.2 Å². The maximum atomic E-state index is 5.74. The lowest BCUT2D eigenvalue weighted by Crippen LogP contribution is -2.17. The van der Waals surface area contributed by atoms with Crippen molar-refractivity contribution in [3.05, 3.63) is 60.0 Å². The Hall–Kier alpha value is -2.82. The highest BCUT2D eigenvalue weighted by Crippen LogP contribution is 2.23. The molecule has 1 aromatic heterocycles. The largest absolute Gasteiger partial charge is 0.419 e. The Kier molecular flexibility index (Phi) is 4.37. The van der Waals surface area contributed by atoms with Crippen LogP contribution in [0.2, 0.25) is 0 Å². The third-order valence-electron chi connectivity index (χ3n) is 4.55. The molecule has 0 bridgehead atoms. The molecule has 0 aliphatic carbocycles. The van der Waals surface area contributed by atoms with E-state index in [4.69, 9.17) is 4.42 Å². The van der Waals surface area contributed by atoms with Crippen molar-refractivity contribution in [1.29, 1.82) is 0 Å². The predicted molar refractivity (Wildman–Crippen MR) is 99.7 cm³/mol. The summed E-state index contributed by atoms with van der Waals surface area (Å²) in [5, 5.41) is 11.6. The van der Waals surface area contributed by atoms with Crippen molar-refractivity contribution in [1.82, 2.24) is 10.2 Å². The molecule has 0 amide bonds. The van der Waals surface area contributed by atoms with E-state index in [1.54, 1.807) is 0 Å². The van der Waals surface area contributed by atoms with Gasteiger partial charge in [-0.05, 0) is 56.2 Å². The van der Waals surface area contributed by atoms with Gasteiger partial charge in [-0.25, -0.2) is 0 Å². The summed E-state index contributed by atoms with van der Waals surface area (Å²) in [7, 11) is 0. The summed E-state index contributed by atoms with van der Waals surface area (Å²) >= 11 is 0. The van der Waals surface area contributed by atoms with Gasteiger partial charge in [-0.1, -0.05) is 17.7 Å². The van der Waals surface area contributed by atoms with Crippen molar-refractivity contribution < 1.29 is 4.42 Å². The lowest BCUT2D eigenvalue weighted by molar-refractivity contribution is 0.515. The molecular formula is C20H22N4O. The molecule has 4 rings (SSSR count). The zero-order valence-electron chi connectivity index (χ0n) is 14.4. The first-order valence-corrected chi connectivity index (χ1v) is 8.76. The van der Waals surface area contributed by atoms with Crippen LogP contribution in [0.25, 0.3) is 11.5 Å². The van der Waals surface area contributed by atoms with Gasteiger partial charge in [0.1, 0.15) is 0 Å². The Morgan fingerprint density at radius 2 is 1.68 bits per heavy atom. The van der Waals surface area contributed by atoms with E-state index in [1.807, 2.05) is 24.3 Å². The Bertz CT molecular complexity index is 818. The molecule has 1 saturated heterocycles. The highest BCUT2D eigenvalue weighted by molar-refractivity contribution is 5.56. The number of aromatic nitrogens is 2. The number of nitrogens with zero attached hydrogens (tertiary/aromatic N) is 3. The minimum absolute atomic E-state index is 0.516. The molecule has 1 aliphatic heterocycles. The molecule has 25 heavy (non-hydrogen) atoms. The number of nitrogens with one attached hydrogen (secondary N) is 1. The van der Waals surface area contributed by atoms with Gasteiger partial charge in [0.2, 0.25) is 11.8 Å². The van der Waals surface area contributed by atoms with Crippen LogP contribution >= 0.6 is 0 Å². The molecule has 2 aromatic carbocycles. The smallest absolute Gasteiger partial charge is 0.247 e. The van der Waals surface area contributed by atoms with Crippen LogP contribution in [0.1, 0.15) is 24.3 Å². The quantitative estimate of drug-likeness (QED) is 0.755. The third-order valence-corrected chi connectivity index (χ3v) is 4.55. The summed E-state index contributed by atoms with van der Waals surface area (Å²) in [6, 6.07) is 16.6. The minimum atomic E-state index is 0.516. The fourth-order valence-corrected chi connectivity index (χ4v) is 3.08. The monoisotopic (exact) mass is 334 g/mol. The van der Waals surface area contributed by atoms with Gasteiger partial charge in [0, 0.05) is 30.0 Å². The third kappa shape index (κ3) is 3.65. The summed E-state index contributed by atoms with van der Waals surface area (Å²) in [5.41, 5.74) is 4.50. The van der Waals surface area contributed by atoms with Crippen molar-refractivity contribution in [2.45, 2.75) is 26.3 Å². The fourth-order valence-electron chi connectivity index (χ4n) is 3.08. The van der Waals surface area contributed by atoms with Gasteiger partial charge in [0.15, 0.2) is 0 Å². The van der Waals surface area contributed by atoms with Crippen LogP contribution in [0, 0.1) is 6.92 Å². The first kappa shape index (κ1) is 15.7. The molecular weight excluding hydrogens is 312 g/mol. The highest BCUT2D eigenvalue weighted by Gasteiger charge is 2.12. The first-order chi connectivity index (χ1) is 12.3. The van der Waals surface area contributed by atoms with Gasteiger partial charge in [0.25, 0.3) is 0 Å². The number of rotatable bonds is 5. The first-order valence-electron chi connectivity index (χ1n) is 8.76. The Balaban J connectivity index is 1.37. The SMILES string of the molecule is Cc1ccc(-c2nnc(CNc3ccc(N4CCCC4)cc3)o2)cc1. The maximum absolute atomic E-state index is 5.74. The van der Waals surface area contributed by atoms with E-state index in [0.717, 1.165) is 24.3 Å². The van der Waals surface area contributed by atoms with Crippen LogP contribution in [0.4, 0.5) is 11.4 Å². The average Bonchev–Trinajstić information content (AvgIpc) is 3.33. The fraction of sp³-hybridized carbons (Fsp3) is 0.300. The van der Waals surface area contributed by atoms with E-state index in [-0.39, 0.29) is 0 Å². The Morgan fingerprint density at radius 3 is 2.40 bits per heavy atom. The number of aryl methyl sites for hydroxylation is 1. The molecule has 5 nitrogen and oxygen atoms in total. The van der Waals surface area contributed by atoms with E-state index in [1.165, 1.54) is 24.1 Å². The van der Waals surface area contributed by atoms with Crippen LogP contribution in [-0.2, 0) is 6.54 Å². The van der Waals surface area contributed by atoms with Crippen molar-refractivity contribution in [2.24, 2.45) is 0 Å². The van der Waals surface area contributed by atoms with Gasteiger partial charge in [-0.3, -0.25) is 0 Å². The molecule has 128 valence electrons. The zero-order valence-corrected chi connectivity index (χ0v) is 14.4. The highest BCUT2D eigenvalue weighted by atomic mass is 16.4. The normalized spacial score (nSPS) is 14.0. The van der Waals surface area contributed by atoms with E-state index in [2.05, 4.69) is 51.6 Å². The van der Waals surface area contributed by atoms with Crippen molar-refractivity contribution >= 4 is 11.4 Å². The van der Waals surface area contributed by atoms with Crippen molar-refractivity contribution in [2.75, 3.05) is 23.3 Å². The van der Waals surface area contributed by atoms with Crippen LogP contribution in [0.5, 0.6) is 0 Å². The van der Waals surface area contributed by atoms with Gasteiger partial charge >= 0.3 is 0 Å². The Morgan fingerprint density at radius 1 is 0.960 bits per heavy atom. The van der Waals surface area contributed by atoms with Crippen LogP contribution in [0.15, 0.2) is 52.9 Å². The van der Waals surface area contributed by atoms with E-state index in [0.29, 0.717) is 18.3 Å². The van der Waals surface area contributed by atoms with Gasteiger partial charge in [0.05, 0.1) is 6.54 Å². The molecule has 0 radical (unpaired) electrons. The molecule has 1 aliphatic rings. The molecule has 5 heteroatoms. The molecule has 3 aromatic rings. The summed E-state index contributed by atoms with van der Waals surface area (Å²) in [6.45, 7) is 4.90. The summed E-state index contributed by atoms with van der Waals surface area (Å²) in [4.78, 5) is 2.43. The number of hydrogen-bond donors (Lipinski definition) is 1. The van der Waals surface area contributed by atoms with Crippen molar-refractivity contribution in [3.63, 3.8) is 0 Å². The molecule has 0 saturated carbocycles. The predicted octanol–water partition coefficient (Wildman–Crippen LogP) is 4.26. The van der Waals surface area contributed by atoms with Gasteiger partial charge in [-0.15, -0.1) is 10.2 Å². The average molecular weight is 334 g/mol. The zero-order chi connectivity index (χ0) is 17.1. The number of hydrogen-bond acceptors (Lipinski definition) is 5. The minimum Gasteiger partial charge on any atom is -0.419 e. The van der Waals surface area contributed by atoms with E-state index >= 15 is 0 Å². The lowest BCUT2D eigenvalue weighted by Gasteiger charge is -2.17. The molecule has 0 unspecified atom stereocenters. The molecule has 2 heterocycles. The van der Waals surface area contributed by atoms with Gasteiger partial charge < -0.3 is 14.6 Å². The second-order valence-electron chi connectivity index (χ2n) is 6.46. The Labute approximate surface area is 147 Å². The second kappa shape index (κ2) is 6.97.